The predicted octanol–water partition coefficient (Wildman–Crippen LogP) is 16.7. The standard InChI is InChI=1S/C65H71N3SSi/c1-39(2)52-34-46(44-21-15-14-16-22-44)35-53(40(3)4)61(52)68-55-26-20-19-25-54(55)67-43(7)33-56-50(31-29-45-30-32-51-59-41(5)27-28-42(6)62(59)69-63(51)60(45)64(67)68)48-23-17-18-24-49(48)57-36-47(37-65(8,9)10)58(38-66(56)57)70(11,12)13/h14-28,30,32,34-36,38-40,50,56H,7,29,31,33,37H2,1-6,8-13H3/q+2. The molecule has 2 unspecified atom stereocenters. The third-order valence-corrected chi connectivity index (χ3v) is 19.1. The Kier molecular flexibility index (Phi) is 11.4. The van der Waals surface area contributed by atoms with Gasteiger partial charge in [-0.25, -0.2) is 0 Å². The lowest BCUT2D eigenvalue weighted by molar-refractivity contribution is -0.719. The van der Waals surface area contributed by atoms with Crippen LogP contribution in [0.2, 0.25) is 19.6 Å². The minimum atomic E-state index is -1.77. The van der Waals surface area contributed by atoms with Gasteiger partial charge in [-0.2, -0.15) is 13.7 Å². The van der Waals surface area contributed by atoms with E-state index in [1.807, 2.05) is 11.3 Å². The van der Waals surface area contributed by atoms with Crippen molar-refractivity contribution in [3.05, 3.63) is 173 Å². The number of fused-ring (bicyclic) bond motifs is 15. The van der Waals surface area contributed by atoms with E-state index in [9.17, 15) is 0 Å². The molecule has 0 fully saturated rings. The summed E-state index contributed by atoms with van der Waals surface area (Å²) in [7, 11) is -1.77. The second kappa shape index (κ2) is 17.2. The van der Waals surface area contributed by atoms with E-state index in [1.165, 1.54) is 110 Å². The third-order valence-electron chi connectivity index (χ3n) is 15.7. The van der Waals surface area contributed by atoms with Gasteiger partial charge in [0.2, 0.25) is 5.69 Å². The zero-order chi connectivity index (χ0) is 49.1. The molecular formula is C65H71N3SSi+2. The van der Waals surface area contributed by atoms with Crippen LogP contribution in [0.25, 0.3) is 76.4 Å². The van der Waals surface area contributed by atoms with Crippen LogP contribution in [0.1, 0.15) is 124 Å². The molecule has 9 aromatic rings. The maximum absolute atomic E-state index is 5.28. The summed E-state index contributed by atoms with van der Waals surface area (Å²) >= 11 is 2.00. The summed E-state index contributed by atoms with van der Waals surface area (Å²) in [5, 5.41) is 4.33. The number of hydrogen-bond acceptors (Lipinski definition) is 1. The van der Waals surface area contributed by atoms with Crippen LogP contribution in [-0.4, -0.2) is 12.6 Å². The minimum Gasteiger partial charge on any atom is -0.195 e. The second-order valence-electron chi connectivity index (χ2n) is 23.7. The lowest BCUT2D eigenvalue weighted by Crippen LogP contribution is -2.54. The number of imidazole rings is 1. The number of para-hydroxylation sites is 2. The molecule has 2 aliphatic rings. The highest BCUT2D eigenvalue weighted by atomic mass is 32.1. The van der Waals surface area contributed by atoms with Crippen LogP contribution in [0.3, 0.4) is 0 Å². The van der Waals surface area contributed by atoms with Gasteiger partial charge in [-0.15, -0.1) is 11.3 Å². The highest BCUT2D eigenvalue weighted by Gasteiger charge is 2.45. The Morgan fingerprint density at radius 1 is 0.757 bits per heavy atom. The van der Waals surface area contributed by atoms with E-state index in [-0.39, 0.29) is 23.3 Å². The summed E-state index contributed by atoms with van der Waals surface area (Å²) in [6, 6.07) is 47.0. The molecule has 0 radical (unpaired) electrons. The molecule has 354 valence electrons. The lowest BCUT2D eigenvalue weighted by Gasteiger charge is -2.34. The van der Waals surface area contributed by atoms with E-state index in [2.05, 4.69) is 223 Å². The van der Waals surface area contributed by atoms with Crippen LogP contribution in [0.4, 0.5) is 0 Å². The van der Waals surface area contributed by atoms with Crippen molar-refractivity contribution in [2.45, 2.75) is 131 Å². The molecule has 3 nitrogen and oxygen atoms in total. The molecule has 11 rings (SSSR count). The normalized spacial score (nSPS) is 16.2. The number of hydrogen-bond donors (Lipinski definition) is 0. The first kappa shape index (κ1) is 46.5. The molecule has 0 N–H and O–H groups in total. The summed E-state index contributed by atoms with van der Waals surface area (Å²) in [5.74, 6) is 2.06. The Morgan fingerprint density at radius 2 is 1.43 bits per heavy atom. The van der Waals surface area contributed by atoms with Gasteiger partial charge < -0.3 is 0 Å². The number of allylic oxidation sites excluding steroid dienone is 1. The Hall–Kier alpha value is -5.88. The van der Waals surface area contributed by atoms with E-state index in [1.54, 1.807) is 5.19 Å². The molecule has 0 saturated carbocycles. The van der Waals surface area contributed by atoms with E-state index in [0.717, 1.165) is 31.4 Å². The fraction of sp³-hybridized carbons (Fsp3) is 0.323. The van der Waals surface area contributed by atoms with Crippen molar-refractivity contribution >= 4 is 61.5 Å². The molecule has 0 aliphatic carbocycles. The highest BCUT2D eigenvalue weighted by molar-refractivity contribution is 7.26. The van der Waals surface area contributed by atoms with Gasteiger partial charge in [0, 0.05) is 49.3 Å². The predicted molar refractivity (Wildman–Crippen MR) is 303 cm³/mol. The summed E-state index contributed by atoms with van der Waals surface area (Å²) in [5.41, 5.74) is 21.5. The zero-order valence-corrected chi connectivity index (χ0v) is 45.5. The van der Waals surface area contributed by atoms with Crippen LogP contribution >= 0.6 is 11.3 Å². The van der Waals surface area contributed by atoms with Crippen molar-refractivity contribution in [1.29, 1.82) is 0 Å². The first-order valence-corrected chi connectivity index (χ1v) is 30.3. The Labute approximate surface area is 422 Å². The summed E-state index contributed by atoms with van der Waals surface area (Å²) in [6.45, 7) is 34.2. The van der Waals surface area contributed by atoms with E-state index >= 15 is 0 Å². The molecule has 2 aliphatic heterocycles. The molecule has 3 aromatic heterocycles. The van der Waals surface area contributed by atoms with Crippen molar-refractivity contribution in [2.24, 2.45) is 5.41 Å². The molecule has 0 bridgehead atoms. The van der Waals surface area contributed by atoms with Gasteiger partial charge in [0.25, 0.3) is 0 Å². The number of nitrogens with zero attached hydrogens (tertiary/aromatic N) is 3. The molecule has 0 saturated heterocycles. The van der Waals surface area contributed by atoms with E-state index < -0.39 is 8.07 Å². The van der Waals surface area contributed by atoms with Crippen LogP contribution < -0.4 is 14.3 Å². The molecule has 2 atom stereocenters. The largest absolute Gasteiger partial charge is 0.301 e. The van der Waals surface area contributed by atoms with Gasteiger partial charge in [0.05, 0.1) is 24.8 Å². The molecular weight excluding hydrogens is 883 g/mol. The zero-order valence-electron chi connectivity index (χ0n) is 43.7. The van der Waals surface area contributed by atoms with Crippen molar-refractivity contribution < 1.29 is 9.13 Å². The number of rotatable bonds is 6. The fourth-order valence-electron chi connectivity index (χ4n) is 12.5. The quantitative estimate of drug-likeness (QED) is 0.116. The number of pyridine rings is 1. The molecule has 0 amide bonds. The average Bonchev–Trinajstić information content (AvgIpc) is 3.88. The first-order valence-electron chi connectivity index (χ1n) is 26.0. The van der Waals surface area contributed by atoms with Crippen LogP contribution in [0, 0.1) is 19.3 Å². The molecule has 5 heteroatoms. The fourth-order valence-corrected chi connectivity index (χ4v) is 15.5. The molecule has 70 heavy (non-hydrogen) atoms. The maximum Gasteiger partial charge on any atom is 0.301 e. The molecule has 0 spiro atoms. The van der Waals surface area contributed by atoms with Crippen LogP contribution in [0.15, 0.2) is 134 Å². The summed E-state index contributed by atoms with van der Waals surface area (Å²) in [6.07, 6.45) is 6.52. The number of aryl methyl sites for hydroxylation is 3. The van der Waals surface area contributed by atoms with Gasteiger partial charge in [-0.05, 0) is 120 Å². The highest BCUT2D eigenvalue weighted by Crippen LogP contribution is 2.50. The Bertz CT molecular complexity index is 3540. The van der Waals surface area contributed by atoms with Gasteiger partial charge in [0.15, 0.2) is 23.3 Å². The summed E-state index contributed by atoms with van der Waals surface area (Å²) < 4.78 is 10.9. The first-order chi connectivity index (χ1) is 33.4. The van der Waals surface area contributed by atoms with Gasteiger partial charge in [-0.1, -0.05) is 160 Å². The topological polar surface area (TPSA) is 12.7 Å². The van der Waals surface area contributed by atoms with Crippen LogP contribution in [0.5, 0.6) is 0 Å². The average molecular weight is 954 g/mol. The maximum atomic E-state index is 5.28. The molecule has 5 heterocycles. The van der Waals surface area contributed by atoms with Gasteiger partial charge >= 0.3 is 5.82 Å². The summed E-state index contributed by atoms with van der Waals surface area (Å²) in [4.78, 5) is 0. The van der Waals surface area contributed by atoms with E-state index in [0.29, 0.717) is 5.92 Å². The monoisotopic (exact) mass is 954 g/mol. The third kappa shape index (κ3) is 7.65. The van der Waals surface area contributed by atoms with E-state index in [4.69, 9.17) is 6.58 Å². The molecule has 6 aromatic carbocycles. The van der Waals surface area contributed by atoms with Crippen molar-refractivity contribution in [2.75, 3.05) is 0 Å². The number of aromatic nitrogens is 3. The Balaban J connectivity index is 1.26. The Morgan fingerprint density at radius 3 is 2.13 bits per heavy atom. The SMILES string of the molecule is C=C1CC2C(CCc3ccc4c(sc5c(C)ccc(C)c54)c3-c3n(-c4c(C(C)C)cc(-c5ccccc5)cc4C(C)C)c4ccccc4[n+]31)c1ccccc1-c1cc(CC(C)(C)C)c([Si](C)(C)C)c[n+]12. The lowest BCUT2D eigenvalue weighted by atomic mass is 9.77. The van der Waals surface area contributed by atoms with Gasteiger partial charge in [0.1, 0.15) is 11.4 Å². The number of benzene rings is 6. The van der Waals surface area contributed by atoms with Gasteiger partial charge in [-0.3, -0.25) is 0 Å². The van der Waals surface area contributed by atoms with Crippen molar-refractivity contribution in [1.82, 2.24) is 4.57 Å². The van der Waals surface area contributed by atoms with Crippen molar-refractivity contribution in [3.63, 3.8) is 0 Å². The minimum absolute atomic E-state index is 0.174. The smallest absolute Gasteiger partial charge is 0.195 e. The second-order valence-corrected chi connectivity index (χ2v) is 29.8. The van der Waals surface area contributed by atoms with Crippen LogP contribution in [-0.2, 0) is 12.8 Å². The number of thiophene rings is 1. The van der Waals surface area contributed by atoms with Crippen molar-refractivity contribution in [3.8, 4) is 39.5 Å².